The van der Waals surface area contributed by atoms with Gasteiger partial charge in [0.25, 0.3) is 5.56 Å². The highest BCUT2D eigenvalue weighted by Crippen LogP contribution is 2.43. The van der Waals surface area contributed by atoms with Gasteiger partial charge in [-0.15, -0.1) is 5.10 Å². The summed E-state index contributed by atoms with van der Waals surface area (Å²) in [6.07, 6.45) is 0. The van der Waals surface area contributed by atoms with Crippen LogP contribution in [0, 0.1) is 0 Å². The molecule has 0 aliphatic rings. The van der Waals surface area contributed by atoms with Gasteiger partial charge in [-0.3, -0.25) is 9.36 Å². The number of tetrazole rings is 1. The van der Waals surface area contributed by atoms with Crippen LogP contribution in [0.1, 0.15) is 47.8 Å². The Morgan fingerprint density at radius 3 is 1.81 bits per heavy atom. The number of aromatic nitrogens is 6. The van der Waals surface area contributed by atoms with Crippen LogP contribution in [0.15, 0.2) is 163 Å². The van der Waals surface area contributed by atoms with Gasteiger partial charge >= 0.3 is 0 Å². The van der Waals surface area contributed by atoms with Crippen molar-refractivity contribution in [2.45, 2.75) is 31.8 Å². The number of rotatable bonds is 9. The summed E-state index contributed by atoms with van der Waals surface area (Å²) in [4.78, 5) is 18.6. The highest BCUT2D eigenvalue weighted by molar-refractivity contribution is 5.82. The Morgan fingerprint density at radius 2 is 1.23 bits per heavy atom. The van der Waals surface area contributed by atoms with E-state index >= 15 is 0 Å². The highest BCUT2D eigenvalue weighted by atomic mass is 16.1. The number of hydrogen-bond acceptors (Lipinski definition) is 6. The van der Waals surface area contributed by atoms with Crippen molar-refractivity contribution in [1.82, 2.24) is 29.8 Å². The highest BCUT2D eigenvalue weighted by Gasteiger charge is 2.42. The zero-order valence-electron chi connectivity index (χ0n) is 29.0. The van der Waals surface area contributed by atoms with Gasteiger partial charge in [-0.1, -0.05) is 153 Å². The third-order valence-corrected chi connectivity index (χ3v) is 9.66. The van der Waals surface area contributed by atoms with Gasteiger partial charge in [-0.05, 0) is 62.0 Å². The van der Waals surface area contributed by atoms with E-state index in [1.165, 1.54) is 0 Å². The normalized spacial score (nSPS) is 11.7. The Morgan fingerprint density at radius 1 is 0.673 bits per heavy atom. The molecule has 8 heteroatoms. The molecule has 6 aromatic carbocycles. The number of anilines is 1. The fourth-order valence-electron chi connectivity index (χ4n) is 7.24. The first-order valence-corrected chi connectivity index (χ1v) is 17.4. The minimum Gasteiger partial charge on any atom is -0.399 e. The zero-order chi connectivity index (χ0) is 35.7. The Labute approximate surface area is 301 Å². The molecule has 0 saturated heterocycles. The number of benzene rings is 6. The van der Waals surface area contributed by atoms with Crippen molar-refractivity contribution in [3.63, 3.8) is 0 Å². The molecule has 0 fully saturated rings. The average Bonchev–Trinajstić information content (AvgIpc) is 3.68. The van der Waals surface area contributed by atoms with Crippen molar-refractivity contribution in [1.29, 1.82) is 0 Å². The summed E-state index contributed by atoms with van der Waals surface area (Å²) in [6.45, 7) is 4.49. The van der Waals surface area contributed by atoms with Crippen molar-refractivity contribution < 1.29 is 0 Å². The van der Waals surface area contributed by atoms with Crippen molar-refractivity contribution in [2.24, 2.45) is 0 Å². The molecule has 0 saturated carbocycles. The maximum atomic E-state index is 13.7. The summed E-state index contributed by atoms with van der Waals surface area (Å²) in [5.74, 6) is 1.43. The predicted molar refractivity (Wildman–Crippen MR) is 207 cm³/mol. The molecule has 8 aromatic rings. The van der Waals surface area contributed by atoms with Crippen molar-refractivity contribution in [3.05, 3.63) is 196 Å². The van der Waals surface area contributed by atoms with E-state index in [1.54, 1.807) is 16.7 Å². The van der Waals surface area contributed by atoms with Gasteiger partial charge in [0, 0.05) is 17.2 Å². The third-order valence-electron chi connectivity index (χ3n) is 9.66. The van der Waals surface area contributed by atoms with Gasteiger partial charge in [-0.2, -0.15) is 0 Å². The molecule has 8 rings (SSSR count). The number of nitrogens with zero attached hydrogens (tertiary/aromatic N) is 6. The molecule has 0 spiro atoms. The van der Waals surface area contributed by atoms with Crippen LogP contribution in [-0.4, -0.2) is 29.8 Å². The standard InChI is InChI=1S/C44H37N7O/c1-30(2)41-46-40-27-26-36(45)28-39(40)43(52)50(41)29-31-22-24-32(25-23-31)37-20-12-13-21-38(37)42-47-48-49-51(42)44(33-14-6-3-7-15-33,34-16-8-4-9-17-34)35-18-10-5-11-19-35/h3-28,30H,29,45H2,1-2H3. The minimum atomic E-state index is -0.875. The molecule has 254 valence electrons. The van der Waals surface area contributed by atoms with Gasteiger partial charge in [0.2, 0.25) is 0 Å². The van der Waals surface area contributed by atoms with E-state index in [-0.39, 0.29) is 11.5 Å². The van der Waals surface area contributed by atoms with E-state index in [9.17, 15) is 4.79 Å². The van der Waals surface area contributed by atoms with Crippen LogP contribution in [0.2, 0.25) is 0 Å². The van der Waals surface area contributed by atoms with E-state index < -0.39 is 5.54 Å². The van der Waals surface area contributed by atoms with E-state index in [0.717, 1.165) is 44.8 Å². The van der Waals surface area contributed by atoms with E-state index in [0.29, 0.717) is 29.0 Å². The van der Waals surface area contributed by atoms with Crippen molar-refractivity contribution >= 4 is 16.6 Å². The first-order chi connectivity index (χ1) is 25.4. The topological polar surface area (TPSA) is 105 Å². The number of fused-ring (bicyclic) bond motifs is 1. The second-order valence-electron chi connectivity index (χ2n) is 13.3. The Kier molecular flexibility index (Phi) is 8.49. The zero-order valence-corrected chi connectivity index (χ0v) is 29.0. The van der Waals surface area contributed by atoms with Crippen molar-refractivity contribution in [3.8, 4) is 22.5 Å². The molecule has 2 aromatic heterocycles. The van der Waals surface area contributed by atoms with E-state index in [4.69, 9.17) is 21.0 Å². The molecule has 0 bridgehead atoms. The molecule has 8 nitrogen and oxygen atoms in total. The molecular formula is C44H37N7O. The fraction of sp³-hybridized carbons (Fsp3) is 0.114. The summed E-state index contributed by atoms with van der Waals surface area (Å²) in [5.41, 5.74) is 13.2. The third kappa shape index (κ3) is 5.64. The molecule has 52 heavy (non-hydrogen) atoms. The molecular weight excluding hydrogens is 643 g/mol. The lowest BCUT2D eigenvalue weighted by atomic mass is 9.77. The van der Waals surface area contributed by atoms with Crippen LogP contribution < -0.4 is 11.3 Å². The molecule has 0 amide bonds. The molecule has 0 unspecified atom stereocenters. The summed E-state index contributed by atoms with van der Waals surface area (Å²) in [5, 5.41) is 14.3. The van der Waals surface area contributed by atoms with Crippen LogP contribution in [0.5, 0.6) is 0 Å². The summed E-state index contributed by atoms with van der Waals surface area (Å²) >= 11 is 0. The molecule has 0 aliphatic heterocycles. The van der Waals surface area contributed by atoms with Crippen molar-refractivity contribution in [2.75, 3.05) is 5.73 Å². The van der Waals surface area contributed by atoms with Crippen LogP contribution in [0.3, 0.4) is 0 Å². The van der Waals surface area contributed by atoms with Gasteiger partial charge in [0.05, 0.1) is 17.4 Å². The fourth-order valence-corrected chi connectivity index (χ4v) is 7.24. The first kappa shape index (κ1) is 32.5. The maximum absolute atomic E-state index is 13.7. The summed E-state index contributed by atoms with van der Waals surface area (Å²) < 4.78 is 3.72. The Bertz CT molecular complexity index is 2450. The van der Waals surface area contributed by atoms with Crippen LogP contribution in [0.25, 0.3) is 33.4 Å². The average molecular weight is 680 g/mol. The van der Waals surface area contributed by atoms with Crippen LogP contribution in [-0.2, 0) is 12.1 Å². The molecule has 0 aliphatic carbocycles. The van der Waals surface area contributed by atoms with Crippen LogP contribution in [0.4, 0.5) is 5.69 Å². The Hall–Kier alpha value is -6.67. The number of nitrogens with two attached hydrogens (primary N) is 1. The second-order valence-corrected chi connectivity index (χ2v) is 13.3. The van der Waals surface area contributed by atoms with E-state index in [1.807, 2.05) is 41.1 Å². The summed E-state index contributed by atoms with van der Waals surface area (Å²) in [7, 11) is 0. The second kappa shape index (κ2) is 13.6. The van der Waals surface area contributed by atoms with Crippen LogP contribution >= 0.6 is 0 Å². The predicted octanol–water partition coefficient (Wildman–Crippen LogP) is 8.31. The van der Waals surface area contributed by atoms with Gasteiger partial charge in [0.15, 0.2) is 5.82 Å². The number of nitrogen functional groups attached to an aromatic ring is 1. The van der Waals surface area contributed by atoms with E-state index in [2.05, 4.69) is 128 Å². The smallest absolute Gasteiger partial charge is 0.261 e. The Balaban J connectivity index is 1.24. The minimum absolute atomic E-state index is 0.0570. The largest absolute Gasteiger partial charge is 0.399 e. The summed E-state index contributed by atoms with van der Waals surface area (Å²) in [6, 6.07) is 53.0. The monoisotopic (exact) mass is 679 g/mol. The maximum Gasteiger partial charge on any atom is 0.261 e. The molecule has 2 N–H and O–H groups in total. The van der Waals surface area contributed by atoms with Gasteiger partial charge < -0.3 is 5.73 Å². The van der Waals surface area contributed by atoms with Gasteiger partial charge in [0.1, 0.15) is 11.4 Å². The molecule has 0 atom stereocenters. The first-order valence-electron chi connectivity index (χ1n) is 17.4. The number of hydrogen-bond donors (Lipinski definition) is 1. The quantitative estimate of drug-likeness (QED) is 0.122. The lowest BCUT2D eigenvalue weighted by molar-refractivity contribution is 0.451. The molecule has 0 radical (unpaired) electrons. The molecule has 2 heterocycles. The lowest BCUT2D eigenvalue weighted by Gasteiger charge is -2.36. The lowest BCUT2D eigenvalue weighted by Crippen LogP contribution is -2.39. The van der Waals surface area contributed by atoms with Gasteiger partial charge in [-0.25, -0.2) is 9.67 Å². The SMILES string of the molecule is CC(C)c1nc2ccc(N)cc2c(=O)n1Cc1ccc(-c2ccccc2-c2nnnn2C(c2ccccc2)(c2ccccc2)c2ccccc2)cc1.